The molecule has 2 aromatic rings. The lowest BCUT2D eigenvalue weighted by Gasteiger charge is -2.09. The van der Waals surface area contributed by atoms with Crippen molar-refractivity contribution in [2.75, 3.05) is 10.6 Å². The van der Waals surface area contributed by atoms with Crippen molar-refractivity contribution in [1.29, 1.82) is 0 Å². The Kier molecular flexibility index (Phi) is 4.77. The smallest absolute Gasteiger partial charge is 0.257 e. The standard InChI is InChI=1S/C14H11Cl2N3O2/c1-8(20)18-13-3-2-9(6-11(13)15)19-14(21)10-4-5-17-7-12(10)16/h2-7H,1H3,(H,18,20)(H,19,21). The van der Waals surface area contributed by atoms with E-state index in [4.69, 9.17) is 23.2 Å². The van der Waals surface area contributed by atoms with Crippen LogP contribution in [0.4, 0.5) is 11.4 Å². The summed E-state index contributed by atoms with van der Waals surface area (Å²) >= 11 is 11.9. The number of hydrogen-bond acceptors (Lipinski definition) is 3. The van der Waals surface area contributed by atoms with Gasteiger partial charge in [0, 0.05) is 25.0 Å². The Balaban J connectivity index is 2.17. The number of anilines is 2. The van der Waals surface area contributed by atoms with Gasteiger partial charge in [0.05, 0.1) is 21.3 Å². The normalized spacial score (nSPS) is 10.0. The van der Waals surface area contributed by atoms with Gasteiger partial charge >= 0.3 is 0 Å². The van der Waals surface area contributed by atoms with E-state index >= 15 is 0 Å². The predicted octanol–water partition coefficient (Wildman–Crippen LogP) is 3.60. The molecular formula is C14H11Cl2N3O2. The first-order valence-electron chi connectivity index (χ1n) is 5.95. The summed E-state index contributed by atoms with van der Waals surface area (Å²) in [5, 5.41) is 5.84. The van der Waals surface area contributed by atoms with Gasteiger partial charge in [-0.2, -0.15) is 0 Å². The van der Waals surface area contributed by atoms with Crippen LogP contribution in [0.2, 0.25) is 10.0 Å². The molecule has 1 aromatic heterocycles. The monoisotopic (exact) mass is 323 g/mol. The average molecular weight is 324 g/mol. The Hall–Kier alpha value is -2.11. The summed E-state index contributed by atoms with van der Waals surface area (Å²) in [5.74, 6) is -0.594. The van der Waals surface area contributed by atoms with Crippen LogP contribution < -0.4 is 10.6 Å². The second-order valence-electron chi connectivity index (χ2n) is 4.19. The SMILES string of the molecule is CC(=O)Nc1ccc(NC(=O)c2ccncc2Cl)cc1Cl. The van der Waals surface area contributed by atoms with Crippen LogP contribution in [0.15, 0.2) is 36.7 Å². The Morgan fingerprint density at radius 1 is 1.10 bits per heavy atom. The molecule has 0 saturated carbocycles. The summed E-state index contributed by atoms with van der Waals surface area (Å²) in [7, 11) is 0. The van der Waals surface area contributed by atoms with Crippen molar-refractivity contribution in [1.82, 2.24) is 4.98 Å². The Morgan fingerprint density at radius 3 is 2.48 bits per heavy atom. The number of benzene rings is 1. The van der Waals surface area contributed by atoms with Gasteiger partial charge in [0.1, 0.15) is 0 Å². The van der Waals surface area contributed by atoms with Crippen LogP contribution in [0.3, 0.4) is 0 Å². The largest absolute Gasteiger partial charge is 0.325 e. The summed E-state index contributed by atoms with van der Waals surface area (Å²) in [5.41, 5.74) is 1.28. The second kappa shape index (κ2) is 6.56. The molecular weight excluding hydrogens is 313 g/mol. The Labute approximate surface area is 131 Å². The van der Waals surface area contributed by atoms with E-state index in [0.29, 0.717) is 22.0 Å². The summed E-state index contributed by atoms with van der Waals surface area (Å²) in [6.07, 6.45) is 2.87. The van der Waals surface area contributed by atoms with Gasteiger partial charge in [0.2, 0.25) is 5.91 Å². The molecule has 0 unspecified atom stereocenters. The number of halogens is 2. The number of hydrogen-bond donors (Lipinski definition) is 2. The zero-order chi connectivity index (χ0) is 15.4. The van der Waals surface area contributed by atoms with E-state index in [2.05, 4.69) is 15.6 Å². The lowest BCUT2D eigenvalue weighted by Crippen LogP contribution is -2.13. The molecule has 2 N–H and O–H groups in total. The molecule has 0 radical (unpaired) electrons. The number of amides is 2. The maximum Gasteiger partial charge on any atom is 0.257 e. The summed E-state index contributed by atoms with van der Waals surface area (Å²) in [6, 6.07) is 6.29. The van der Waals surface area contributed by atoms with Gasteiger partial charge in [-0.3, -0.25) is 14.6 Å². The lowest BCUT2D eigenvalue weighted by atomic mass is 10.2. The Morgan fingerprint density at radius 2 is 1.86 bits per heavy atom. The van der Waals surface area contributed by atoms with Crippen LogP contribution in [0, 0.1) is 0 Å². The van der Waals surface area contributed by atoms with Crippen LogP contribution in [-0.2, 0) is 4.79 Å². The number of rotatable bonds is 3. The first-order valence-corrected chi connectivity index (χ1v) is 6.71. The van der Waals surface area contributed by atoms with Gasteiger partial charge in [-0.05, 0) is 24.3 Å². The van der Waals surface area contributed by atoms with Gasteiger partial charge in [-0.1, -0.05) is 23.2 Å². The van der Waals surface area contributed by atoms with Crippen LogP contribution in [0.1, 0.15) is 17.3 Å². The minimum Gasteiger partial charge on any atom is -0.325 e. The summed E-state index contributed by atoms with van der Waals surface area (Å²) in [6.45, 7) is 1.39. The third-order valence-electron chi connectivity index (χ3n) is 2.55. The van der Waals surface area contributed by atoms with Gasteiger partial charge in [0.15, 0.2) is 0 Å². The first kappa shape index (κ1) is 15.3. The Bertz CT molecular complexity index is 704. The van der Waals surface area contributed by atoms with Crippen molar-refractivity contribution in [3.8, 4) is 0 Å². The molecule has 21 heavy (non-hydrogen) atoms. The minimum atomic E-state index is -0.370. The first-order chi connectivity index (χ1) is 9.97. The highest BCUT2D eigenvalue weighted by Gasteiger charge is 2.11. The molecule has 2 amide bonds. The fourth-order valence-corrected chi connectivity index (χ4v) is 2.07. The van der Waals surface area contributed by atoms with Gasteiger partial charge < -0.3 is 10.6 Å². The summed E-state index contributed by atoms with van der Waals surface area (Å²) in [4.78, 5) is 26.9. The zero-order valence-corrected chi connectivity index (χ0v) is 12.5. The van der Waals surface area contributed by atoms with Crippen LogP contribution in [-0.4, -0.2) is 16.8 Å². The molecule has 1 heterocycles. The van der Waals surface area contributed by atoms with Crippen molar-refractivity contribution in [3.63, 3.8) is 0 Å². The van der Waals surface area contributed by atoms with Crippen molar-refractivity contribution in [3.05, 3.63) is 52.3 Å². The average Bonchev–Trinajstić information content (AvgIpc) is 2.42. The zero-order valence-electron chi connectivity index (χ0n) is 11.0. The maximum atomic E-state index is 12.1. The van der Waals surface area contributed by atoms with Crippen LogP contribution in [0.25, 0.3) is 0 Å². The highest BCUT2D eigenvalue weighted by molar-refractivity contribution is 6.35. The molecule has 7 heteroatoms. The van der Waals surface area contributed by atoms with Gasteiger partial charge in [-0.25, -0.2) is 0 Å². The third-order valence-corrected chi connectivity index (χ3v) is 3.17. The van der Waals surface area contributed by atoms with Crippen molar-refractivity contribution < 1.29 is 9.59 Å². The molecule has 2 rings (SSSR count). The quantitative estimate of drug-likeness (QED) is 0.906. The highest BCUT2D eigenvalue weighted by atomic mass is 35.5. The van der Waals surface area contributed by atoms with Crippen molar-refractivity contribution in [2.24, 2.45) is 0 Å². The molecule has 0 aliphatic rings. The molecule has 0 aliphatic heterocycles. The topological polar surface area (TPSA) is 71.1 Å². The van der Waals surface area contributed by atoms with Gasteiger partial charge in [0.25, 0.3) is 5.91 Å². The van der Waals surface area contributed by atoms with E-state index in [9.17, 15) is 9.59 Å². The van der Waals surface area contributed by atoms with Crippen LogP contribution in [0.5, 0.6) is 0 Å². The van der Waals surface area contributed by atoms with E-state index < -0.39 is 0 Å². The van der Waals surface area contributed by atoms with Crippen LogP contribution >= 0.6 is 23.2 Å². The second-order valence-corrected chi connectivity index (χ2v) is 5.00. The molecule has 0 atom stereocenters. The van der Waals surface area contributed by atoms with Crippen molar-refractivity contribution >= 4 is 46.4 Å². The van der Waals surface area contributed by atoms with E-state index in [-0.39, 0.29) is 16.8 Å². The van der Waals surface area contributed by atoms with E-state index in [0.717, 1.165) is 0 Å². The van der Waals surface area contributed by atoms with Crippen molar-refractivity contribution in [2.45, 2.75) is 6.92 Å². The van der Waals surface area contributed by atoms with E-state index in [1.807, 2.05) is 0 Å². The number of nitrogens with one attached hydrogen (secondary N) is 2. The molecule has 0 bridgehead atoms. The molecule has 0 spiro atoms. The lowest BCUT2D eigenvalue weighted by molar-refractivity contribution is -0.114. The minimum absolute atomic E-state index is 0.225. The number of carbonyl (C=O) groups is 2. The highest BCUT2D eigenvalue weighted by Crippen LogP contribution is 2.26. The number of nitrogens with zero attached hydrogens (tertiary/aromatic N) is 1. The molecule has 1 aromatic carbocycles. The number of aromatic nitrogens is 1. The molecule has 0 aliphatic carbocycles. The third kappa shape index (κ3) is 3.93. The summed E-state index contributed by atoms with van der Waals surface area (Å²) < 4.78 is 0. The molecule has 108 valence electrons. The maximum absolute atomic E-state index is 12.1. The molecule has 5 nitrogen and oxygen atoms in total. The van der Waals surface area contributed by atoms with E-state index in [1.54, 1.807) is 18.2 Å². The number of pyridine rings is 1. The number of carbonyl (C=O) groups excluding carboxylic acids is 2. The van der Waals surface area contributed by atoms with E-state index in [1.165, 1.54) is 25.4 Å². The van der Waals surface area contributed by atoms with Gasteiger partial charge in [-0.15, -0.1) is 0 Å². The molecule has 0 saturated heterocycles. The fraction of sp³-hybridized carbons (Fsp3) is 0.0714. The fourth-order valence-electron chi connectivity index (χ4n) is 1.64. The molecule has 0 fully saturated rings. The predicted molar refractivity (Wildman–Crippen MR) is 83.0 cm³/mol.